The van der Waals surface area contributed by atoms with Crippen molar-refractivity contribution in [2.45, 2.75) is 31.5 Å². The fourth-order valence-corrected chi connectivity index (χ4v) is 5.35. The molecule has 4 aromatic rings. The van der Waals surface area contributed by atoms with Gasteiger partial charge in [0.15, 0.2) is 10.8 Å². The van der Waals surface area contributed by atoms with E-state index < -0.39 is 0 Å². The average Bonchev–Trinajstić information content (AvgIpc) is 3.20. The number of amides is 1. The number of hydrogen-bond donors (Lipinski definition) is 1. The molecule has 8 nitrogen and oxygen atoms in total. The van der Waals surface area contributed by atoms with Crippen LogP contribution < -0.4 is 5.32 Å². The van der Waals surface area contributed by atoms with Gasteiger partial charge in [0, 0.05) is 22.2 Å². The van der Waals surface area contributed by atoms with E-state index in [1.807, 2.05) is 42.5 Å². The third-order valence-electron chi connectivity index (χ3n) is 5.45. The van der Waals surface area contributed by atoms with E-state index in [4.69, 9.17) is 4.98 Å². The Balaban J connectivity index is 1.26. The maximum absolute atomic E-state index is 12.5. The molecule has 35 heavy (non-hydrogen) atoms. The van der Waals surface area contributed by atoms with Gasteiger partial charge in [-0.1, -0.05) is 83.1 Å². The molecule has 1 amide bonds. The van der Waals surface area contributed by atoms with Gasteiger partial charge < -0.3 is 9.88 Å². The lowest BCUT2D eigenvalue weighted by Crippen LogP contribution is -2.31. The number of fused-ring (bicyclic) bond motifs is 3. The van der Waals surface area contributed by atoms with Gasteiger partial charge in [-0.25, -0.2) is 4.98 Å². The molecule has 1 N–H and O–H groups in total. The van der Waals surface area contributed by atoms with E-state index in [9.17, 15) is 4.79 Å². The molecule has 0 radical (unpaired) electrons. The second-order valence-corrected chi connectivity index (χ2v) is 10.7. The van der Waals surface area contributed by atoms with Crippen LogP contribution in [-0.2, 0) is 11.3 Å². The Kier molecular flexibility index (Phi) is 7.45. The number of aryl methyl sites for hydroxylation is 1. The van der Waals surface area contributed by atoms with Crippen LogP contribution in [0.15, 0.2) is 68.4 Å². The van der Waals surface area contributed by atoms with Crippen LogP contribution in [0.4, 0.5) is 0 Å². The molecular weight excluding hydrogens is 546 g/mol. The van der Waals surface area contributed by atoms with Gasteiger partial charge in [-0.05, 0) is 30.2 Å². The number of unbranched alkanes of at least 4 members (excludes halogenated alkanes) is 1. The normalized spacial score (nSPS) is 13.7. The van der Waals surface area contributed by atoms with Gasteiger partial charge in [-0.2, -0.15) is 5.10 Å². The number of para-hydroxylation sites is 1. The minimum absolute atomic E-state index is 0.158. The molecule has 178 valence electrons. The zero-order valence-electron chi connectivity index (χ0n) is 18.9. The molecule has 0 aliphatic carbocycles. The highest BCUT2D eigenvalue weighted by Gasteiger charge is 2.17. The maximum atomic E-state index is 12.5. The molecule has 1 aliphatic heterocycles. The summed E-state index contributed by atoms with van der Waals surface area (Å²) < 4.78 is 3.21. The molecule has 1 aliphatic rings. The highest BCUT2D eigenvalue weighted by molar-refractivity contribution is 9.10. The van der Waals surface area contributed by atoms with Crippen LogP contribution in [0.3, 0.4) is 0 Å². The molecule has 0 saturated carbocycles. The fraction of sp³-hybridized carbons (Fsp3) is 0.250. The van der Waals surface area contributed by atoms with Crippen LogP contribution in [0.2, 0.25) is 0 Å². The molecule has 5 rings (SSSR count). The Bertz CT molecular complexity index is 1450. The Morgan fingerprint density at radius 2 is 1.97 bits per heavy atom. The number of nitrogens with one attached hydrogen (secondary N) is 1. The van der Waals surface area contributed by atoms with Gasteiger partial charge in [0.05, 0.1) is 17.0 Å². The van der Waals surface area contributed by atoms with Crippen molar-refractivity contribution < 1.29 is 4.79 Å². The SMILES string of the molecule is CCCCn1c2ccccc2c2nnc(SCC(=O)NC3=NN=C(c4ccc(Br)cc4)CS3)nc21. The highest BCUT2D eigenvalue weighted by Crippen LogP contribution is 2.27. The first-order chi connectivity index (χ1) is 17.1. The van der Waals surface area contributed by atoms with Crippen LogP contribution in [0.1, 0.15) is 25.3 Å². The summed E-state index contributed by atoms with van der Waals surface area (Å²) >= 11 is 6.15. The fourth-order valence-electron chi connectivity index (χ4n) is 3.72. The number of aromatic nitrogens is 4. The zero-order valence-corrected chi connectivity index (χ0v) is 22.2. The predicted octanol–water partition coefficient (Wildman–Crippen LogP) is 5.26. The van der Waals surface area contributed by atoms with E-state index >= 15 is 0 Å². The van der Waals surface area contributed by atoms with Gasteiger partial charge in [0.25, 0.3) is 0 Å². The van der Waals surface area contributed by atoms with Crippen LogP contribution in [-0.4, -0.2) is 48.0 Å². The molecule has 3 heterocycles. The van der Waals surface area contributed by atoms with Crippen molar-refractivity contribution in [3.05, 3.63) is 58.6 Å². The van der Waals surface area contributed by atoms with Crippen molar-refractivity contribution in [1.29, 1.82) is 0 Å². The number of nitrogens with zero attached hydrogens (tertiary/aromatic N) is 6. The van der Waals surface area contributed by atoms with E-state index in [2.05, 4.69) is 59.2 Å². The Hall–Kier alpha value is -2.76. The number of hydrogen-bond acceptors (Lipinski definition) is 8. The number of carbonyl (C=O) groups is 1. The first kappa shape index (κ1) is 24.0. The van der Waals surface area contributed by atoms with Crippen molar-refractivity contribution in [2.24, 2.45) is 10.2 Å². The Labute approximate surface area is 219 Å². The summed E-state index contributed by atoms with van der Waals surface area (Å²) in [4.78, 5) is 17.3. The second kappa shape index (κ2) is 10.9. The lowest BCUT2D eigenvalue weighted by atomic mass is 10.1. The first-order valence-electron chi connectivity index (χ1n) is 11.2. The molecule has 11 heteroatoms. The third-order valence-corrected chi connectivity index (χ3v) is 7.69. The standard InChI is InChI=1S/C24H22BrN7OS2/c1-2-3-12-32-19-7-5-4-6-17(19)21-22(32)27-24(31-29-21)35-14-20(33)26-23-30-28-18(13-34-23)15-8-10-16(25)11-9-15/h4-11H,2-3,12-14H2,1H3,(H,26,30,33). The van der Waals surface area contributed by atoms with Crippen molar-refractivity contribution in [2.75, 3.05) is 11.5 Å². The molecular formula is C24H22BrN7OS2. The molecule has 0 saturated heterocycles. The van der Waals surface area contributed by atoms with Crippen LogP contribution in [0.25, 0.3) is 22.1 Å². The Morgan fingerprint density at radius 3 is 2.74 bits per heavy atom. The molecule has 0 fully saturated rings. The highest BCUT2D eigenvalue weighted by atomic mass is 79.9. The van der Waals surface area contributed by atoms with Gasteiger partial charge in [0.1, 0.15) is 5.52 Å². The third kappa shape index (κ3) is 5.41. The molecule has 0 atom stereocenters. The predicted molar refractivity (Wildman–Crippen MR) is 147 cm³/mol. The van der Waals surface area contributed by atoms with Crippen LogP contribution in [0, 0.1) is 0 Å². The summed E-state index contributed by atoms with van der Waals surface area (Å²) in [7, 11) is 0. The van der Waals surface area contributed by atoms with E-state index in [1.165, 1.54) is 23.5 Å². The maximum Gasteiger partial charge on any atom is 0.236 e. The smallest absolute Gasteiger partial charge is 0.236 e. The number of halogens is 1. The number of carbonyl (C=O) groups excluding carboxylic acids is 1. The first-order valence-corrected chi connectivity index (χ1v) is 14.0. The molecule has 0 spiro atoms. The van der Waals surface area contributed by atoms with E-state index in [1.54, 1.807) is 0 Å². The van der Waals surface area contributed by atoms with Crippen molar-refractivity contribution in [1.82, 2.24) is 25.1 Å². The second-order valence-electron chi connectivity index (χ2n) is 7.87. The summed E-state index contributed by atoms with van der Waals surface area (Å²) in [5, 5.41) is 22.0. The van der Waals surface area contributed by atoms with Gasteiger partial charge in [-0.3, -0.25) is 4.79 Å². The lowest BCUT2D eigenvalue weighted by molar-refractivity contribution is -0.117. The molecule has 2 aromatic heterocycles. The summed E-state index contributed by atoms with van der Waals surface area (Å²) in [6.45, 7) is 3.03. The number of amidine groups is 1. The van der Waals surface area contributed by atoms with Crippen molar-refractivity contribution in [3.8, 4) is 0 Å². The summed E-state index contributed by atoms with van der Waals surface area (Å²) in [5.74, 6) is 0.615. The quantitative estimate of drug-likeness (QED) is 0.306. The van der Waals surface area contributed by atoms with Gasteiger partial charge in [0.2, 0.25) is 11.1 Å². The topological polar surface area (TPSA) is 97.4 Å². The van der Waals surface area contributed by atoms with Crippen LogP contribution >= 0.6 is 39.5 Å². The van der Waals surface area contributed by atoms with Gasteiger partial charge >= 0.3 is 0 Å². The minimum atomic E-state index is -0.182. The monoisotopic (exact) mass is 567 g/mol. The van der Waals surface area contributed by atoms with E-state index in [0.717, 1.165) is 57.2 Å². The number of thioether (sulfide) groups is 2. The van der Waals surface area contributed by atoms with Gasteiger partial charge in [-0.15, -0.1) is 15.3 Å². The molecule has 0 unspecified atom stereocenters. The molecule has 0 bridgehead atoms. The largest absolute Gasteiger partial charge is 0.324 e. The summed E-state index contributed by atoms with van der Waals surface area (Å²) in [6.07, 6.45) is 2.14. The zero-order chi connectivity index (χ0) is 24.2. The van der Waals surface area contributed by atoms with E-state index in [-0.39, 0.29) is 11.7 Å². The molecule has 2 aromatic carbocycles. The lowest BCUT2D eigenvalue weighted by Gasteiger charge is -2.12. The number of benzene rings is 2. The Morgan fingerprint density at radius 1 is 1.14 bits per heavy atom. The number of rotatable bonds is 7. The van der Waals surface area contributed by atoms with Crippen molar-refractivity contribution in [3.63, 3.8) is 0 Å². The summed E-state index contributed by atoms with van der Waals surface area (Å²) in [6, 6.07) is 16.1. The average molecular weight is 569 g/mol. The minimum Gasteiger partial charge on any atom is -0.324 e. The van der Waals surface area contributed by atoms with Crippen molar-refractivity contribution >= 4 is 78.3 Å². The van der Waals surface area contributed by atoms with Crippen LogP contribution in [0.5, 0.6) is 0 Å². The van der Waals surface area contributed by atoms with E-state index in [0.29, 0.717) is 16.1 Å². The summed E-state index contributed by atoms with van der Waals surface area (Å²) in [5.41, 5.74) is 4.59.